The predicted molar refractivity (Wildman–Crippen MR) is 55.5 cm³/mol. The van der Waals surface area contributed by atoms with E-state index in [-0.39, 0.29) is 0 Å². The van der Waals surface area contributed by atoms with Crippen molar-refractivity contribution in [1.29, 1.82) is 0 Å². The fourth-order valence-electron chi connectivity index (χ4n) is 0.212. The van der Waals surface area contributed by atoms with E-state index in [0.717, 1.165) is 0 Å². The zero-order valence-corrected chi connectivity index (χ0v) is 8.54. The Bertz CT molecular complexity index is 97.7. The highest BCUT2D eigenvalue weighted by molar-refractivity contribution is 14.1. The molecule has 0 atom stereocenters. The molecular weight excluding hydrogens is 326 g/mol. The largest absolute Gasteiger partial charge is 0.0618 e. The molecule has 0 bridgehead atoms. The summed E-state index contributed by atoms with van der Waals surface area (Å²) in [4.78, 5) is 0. The van der Waals surface area contributed by atoms with Gasteiger partial charge >= 0.3 is 0 Å². The van der Waals surface area contributed by atoms with Crippen molar-refractivity contribution in [3.63, 3.8) is 0 Å². The molecule has 0 aliphatic rings. The van der Waals surface area contributed by atoms with E-state index in [2.05, 4.69) is 45.2 Å². The summed E-state index contributed by atoms with van der Waals surface area (Å²) in [6, 6.07) is 0. The van der Waals surface area contributed by atoms with E-state index in [1.807, 2.05) is 32.5 Å². The third-order valence-corrected chi connectivity index (χ3v) is 1.31. The van der Waals surface area contributed by atoms with Crippen LogP contribution in [0.5, 0.6) is 0 Å². The van der Waals surface area contributed by atoms with Crippen LogP contribution in [-0.4, -0.2) is 0 Å². The van der Waals surface area contributed by atoms with Crippen LogP contribution in [0.4, 0.5) is 0 Å². The Balaban J connectivity index is 3.35. The first kappa shape index (κ1) is 8.68. The van der Waals surface area contributed by atoms with E-state index in [1.165, 1.54) is 0 Å². The van der Waals surface area contributed by atoms with Gasteiger partial charge in [-0.15, -0.1) is 0 Å². The molecule has 0 fully saturated rings. The molecule has 0 nitrogen and oxygen atoms in total. The lowest BCUT2D eigenvalue weighted by Crippen LogP contribution is -1.42. The van der Waals surface area contributed by atoms with E-state index >= 15 is 0 Å². The van der Waals surface area contributed by atoms with Gasteiger partial charge < -0.3 is 0 Å². The van der Waals surface area contributed by atoms with Crippen LogP contribution in [0, 0.1) is 0 Å². The van der Waals surface area contributed by atoms with Crippen LogP contribution in [0.2, 0.25) is 0 Å². The summed E-state index contributed by atoms with van der Waals surface area (Å²) in [6.45, 7) is 0. The number of allylic oxidation sites excluding steroid dienone is 4. The van der Waals surface area contributed by atoms with Gasteiger partial charge in [0.2, 0.25) is 0 Å². The molecule has 0 heterocycles. The zero-order chi connectivity index (χ0) is 6.24. The summed E-state index contributed by atoms with van der Waals surface area (Å²) < 4.78 is 3.94. The lowest BCUT2D eigenvalue weighted by Gasteiger charge is -1.66. The smallest absolute Gasteiger partial charge is 0.0234 e. The summed E-state index contributed by atoms with van der Waals surface area (Å²) in [7, 11) is 0. The number of hydrogen-bond acceptors (Lipinski definition) is 0. The quantitative estimate of drug-likeness (QED) is 0.537. The molecule has 2 heteroatoms. The monoisotopic (exact) mass is 332 g/mol. The van der Waals surface area contributed by atoms with Crippen molar-refractivity contribution in [3.8, 4) is 0 Å². The SMILES string of the molecule is IC=C/C=C/C=C/I. The average molecular weight is 332 g/mol. The molecule has 0 aliphatic heterocycles. The molecule has 0 unspecified atom stereocenters. The van der Waals surface area contributed by atoms with Crippen LogP contribution in [0.1, 0.15) is 0 Å². The molecule has 0 spiro atoms. The van der Waals surface area contributed by atoms with Gasteiger partial charge in [-0.2, -0.15) is 0 Å². The summed E-state index contributed by atoms with van der Waals surface area (Å²) >= 11 is 4.36. The summed E-state index contributed by atoms with van der Waals surface area (Å²) in [5.74, 6) is 0. The van der Waals surface area contributed by atoms with Gasteiger partial charge in [-0.3, -0.25) is 0 Å². The Morgan fingerprint density at radius 1 is 0.625 bits per heavy atom. The minimum absolute atomic E-state index is 1.97. The van der Waals surface area contributed by atoms with E-state index < -0.39 is 0 Å². The standard InChI is InChI=1S/C6H6I2/c7-5-3-1-2-4-6-8/h1-6H/b2-1+,5-3+,6-4?. The zero-order valence-electron chi connectivity index (χ0n) is 4.22. The first-order valence-electron chi connectivity index (χ1n) is 2.10. The van der Waals surface area contributed by atoms with Crippen molar-refractivity contribution >= 4 is 45.2 Å². The topological polar surface area (TPSA) is 0 Å². The van der Waals surface area contributed by atoms with Crippen LogP contribution >= 0.6 is 45.2 Å². The maximum Gasteiger partial charge on any atom is -0.0234 e. The molecule has 0 saturated heterocycles. The molecule has 0 aromatic carbocycles. The number of halogens is 2. The maximum absolute atomic E-state index is 2.18. The number of rotatable bonds is 2. The third-order valence-electron chi connectivity index (χ3n) is 0.479. The summed E-state index contributed by atoms with van der Waals surface area (Å²) in [5, 5.41) is 0. The van der Waals surface area contributed by atoms with Gasteiger partial charge in [0.05, 0.1) is 0 Å². The van der Waals surface area contributed by atoms with E-state index in [9.17, 15) is 0 Å². The first-order chi connectivity index (χ1) is 3.91. The van der Waals surface area contributed by atoms with Crippen molar-refractivity contribution in [1.82, 2.24) is 0 Å². The van der Waals surface area contributed by atoms with Gasteiger partial charge in [0.1, 0.15) is 0 Å². The normalized spacial score (nSPS) is 12.8. The summed E-state index contributed by atoms with van der Waals surface area (Å²) in [5.41, 5.74) is 0. The van der Waals surface area contributed by atoms with Gasteiger partial charge in [-0.25, -0.2) is 0 Å². The minimum Gasteiger partial charge on any atom is -0.0618 e. The Labute approximate surface area is 77.0 Å². The highest BCUT2D eigenvalue weighted by Gasteiger charge is 1.56. The van der Waals surface area contributed by atoms with E-state index in [4.69, 9.17) is 0 Å². The van der Waals surface area contributed by atoms with Crippen molar-refractivity contribution in [2.75, 3.05) is 0 Å². The van der Waals surface area contributed by atoms with Gasteiger partial charge in [0.25, 0.3) is 0 Å². The van der Waals surface area contributed by atoms with Crippen LogP contribution in [0.3, 0.4) is 0 Å². The second kappa shape index (κ2) is 7.68. The fraction of sp³-hybridized carbons (Fsp3) is 0. The van der Waals surface area contributed by atoms with Crippen molar-refractivity contribution in [2.45, 2.75) is 0 Å². The Morgan fingerprint density at radius 3 is 1.25 bits per heavy atom. The Kier molecular flexibility index (Phi) is 8.33. The second-order valence-electron chi connectivity index (χ2n) is 1.02. The molecule has 0 aromatic heterocycles. The van der Waals surface area contributed by atoms with E-state index in [1.54, 1.807) is 0 Å². The van der Waals surface area contributed by atoms with Crippen LogP contribution in [0.15, 0.2) is 32.5 Å². The molecular formula is C6H6I2. The number of hydrogen-bond donors (Lipinski definition) is 0. The van der Waals surface area contributed by atoms with Crippen LogP contribution in [-0.2, 0) is 0 Å². The average Bonchev–Trinajstić information content (AvgIpc) is 1.81. The van der Waals surface area contributed by atoms with Crippen LogP contribution < -0.4 is 0 Å². The molecule has 0 amide bonds. The highest BCUT2D eigenvalue weighted by Crippen LogP contribution is 1.87. The van der Waals surface area contributed by atoms with Crippen molar-refractivity contribution in [2.24, 2.45) is 0 Å². The Morgan fingerprint density at radius 2 is 1.00 bits per heavy atom. The van der Waals surface area contributed by atoms with Crippen LogP contribution in [0.25, 0.3) is 0 Å². The molecule has 0 N–H and O–H groups in total. The molecule has 0 saturated carbocycles. The molecule has 44 valence electrons. The fourth-order valence-corrected chi connectivity index (χ4v) is 0.692. The Hall–Kier alpha value is 0.680. The van der Waals surface area contributed by atoms with Gasteiger partial charge in [0, 0.05) is 0 Å². The minimum atomic E-state index is 1.97. The third kappa shape index (κ3) is 6.68. The highest BCUT2D eigenvalue weighted by atomic mass is 127. The van der Waals surface area contributed by atoms with Gasteiger partial charge in [0.15, 0.2) is 0 Å². The molecule has 0 aliphatic carbocycles. The lowest BCUT2D eigenvalue weighted by molar-refractivity contribution is 1.97. The molecule has 0 aromatic rings. The maximum atomic E-state index is 2.18. The molecule has 0 rings (SSSR count). The van der Waals surface area contributed by atoms with E-state index in [0.29, 0.717) is 0 Å². The van der Waals surface area contributed by atoms with Crippen molar-refractivity contribution < 1.29 is 0 Å². The second-order valence-corrected chi connectivity index (χ2v) is 2.46. The van der Waals surface area contributed by atoms with Gasteiger partial charge in [-0.1, -0.05) is 69.5 Å². The summed E-state index contributed by atoms with van der Waals surface area (Å²) in [6.07, 6.45) is 7.94. The lowest BCUT2D eigenvalue weighted by atomic mass is 10.5. The molecule has 8 heavy (non-hydrogen) atoms. The van der Waals surface area contributed by atoms with Crippen molar-refractivity contribution in [3.05, 3.63) is 32.5 Å². The first-order valence-corrected chi connectivity index (χ1v) is 4.59. The molecule has 0 radical (unpaired) electrons. The predicted octanol–water partition coefficient (Wildman–Crippen LogP) is 3.44. The van der Waals surface area contributed by atoms with Gasteiger partial charge in [-0.05, 0) is 8.17 Å².